The minimum atomic E-state index is -2.03. The molecule has 0 unspecified atom stereocenters. The van der Waals surface area contributed by atoms with Crippen molar-refractivity contribution in [2.45, 2.75) is 89.9 Å². The smallest absolute Gasteiger partial charge is 0.302 e. The lowest BCUT2D eigenvalue weighted by molar-refractivity contribution is -0.150. The van der Waals surface area contributed by atoms with Gasteiger partial charge >= 0.3 is 5.97 Å². The van der Waals surface area contributed by atoms with E-state index >= 15 is 0 Å². The highest BCUT2D eigenvalue weighted by Gasteiger charge is 2.47. The van der Waals surface area contributed by atoms with Gasteiger partial charge in [-0.05, 0) is 28.8 Å². The minimum Gasteiger partial charge on any atom is -0.460 e. The van der Waals surface area contributed by atoms with E-state index in [1.165, 1.54) is 6.92 Å². The van der Waals surface area contributed by atoms with Gasteiger partial charge in [-0.1, -0.05) is 41.5 Å². The van der Waals surface area contributed by atoms with Gasteiger partial charge in [-0.25, -0.2) is 0 Å². The first-order chi connectivity index (χ1) is 14.2. The van der Waals surface area contributed by atoms with Crippen molar-refractivity contribution in [2.75, 3.05) is 6.61 Å². The van der Waals surface area contributed by atoms with Crippen LogP contribution in [0.3, 0.4) is 0 Å². The van der Waals surface area contributed by atoms with Crippen molar-refractivity contribution >= 4 is 25.2 Å². The molecule has 0 radical (unpaired) electrons. The zero-order valence-corrected chi connectivity index (χ0v) is 20.3. The SMILES string of the molecule is CC(=O)O[C@H]1C[C@H](n2ccc3cnccc32)O[C@H]1CO[Si](C(C)C)(C(C)C)C(C)C. The average molecular weight is 433 g/mol. The molecule has 30 heavy (non-hydrogen) atoms. The molecular weight excluding hydrogens is 396 g/mol. The molecule has 0 amide bonds. The molecule has 6 nitrogen and oxygen atoms in total. The summed E-state index contributed by atoms with van der Waals surface area (Å²) in [5, 5.41) is 1.07. The van der Waals surface area contributed by atoms with E-state index in [1.54, 1.807) is 6.20 Å². The number of ether oxygens (including phenoxy) is 2. The summed E-state index contributed by atoms with van der Waals surface area (Å²) in [5.74, 6) is -0.282. The Morgan fingerprint density at radius 1 is 1.20 bits per heavy atom. The van der Waals surface area contributed by atoms with E-state index < -0.39 is 8.32 Å². The van der Waals surface area contributed by atoms with Crippen molar-refractivity contribution in [3.8, 4) is 0 Å². The monoisotopic (exact) mass is 432 g/mol. The Morgan fingerprint density at radius 2 is 1.87 bits per heavy atom. The molecule has 2 aromatic rings. The Kier molecular flexibility index (Phi) is 7.04. The standard InChI is InChI=1S/C23H36N2O4Si/c1-15(2)30(16(3)4,17(5)6)27-14-22-21(28-18(7)26)12-23(29-22)25-11-9-19-13-24-10-8-20(19)25/h8-11,13,15-17,21-23H,12,14H2,1-7H3/t21-,22-,23+/m0/s1. The zero-order chi connectivity index (χ0) is 22.1. The Bertz CT molecular complexity index is 842. The van der Waals surface area contributed by atoms with E-state index in [0.29, 0.717) is 29.7 Å². The van der Waals surface area contributed by atoms with Crippen LogP contribution in [0.2, 0.25) is 16.6 Å². The molecule has 3 heterocycles. The third-order valence-electron chi connectivity index (χ3n) is 6.53. The second-order valence-electron chi connectivity index (χ2n) is 9.30. The molecule has 3 rings (SSSR count). The van der Waals surface area contributed by atoms with E-state index in [0.717, 1.165) is 10.9 Å². The van der Waals surface area contributed by atoms with E-state index in [-0.39, 0.29) is 24.4 Å². The quantitative estimate of drug-likeness (QED) is 0.410. The largest absolute Gasteiger partial charge is 0.460 e. The molecule has 166 valence electrons. The fraction of sp³-hybridized carbons (Fsp3) is 0.652. The highest BCUT2D eigenvalue weighted by molar-refractivity contribution is 6.77. The van der Waals surface area contributed by atoms with Crippen molar-refractivity contribution in [2.24, 2.45) is 0 Å². The number of aromatic nitrogens is 2. The first-order valence-electron chi connectivity index (χ1n) is 11.0. The predicted octanol–water partition coefficient (Wildman–Crippen LogP) is 5.45. The molecule has 1 aliphatic heterocycles. The first kappa shape index (κ1) is 23.0. The van der Waals surface area contributed by atoms with Crippen LogP contribution < -0.4 is 0 Å². The molecular formula is C23H36N2O4Si. The van der Waals surface area contributed by atoms with Gasteiger partial charge in [0, 0.05) is 37.3 Å². The summed E-state index contributed by atoms with van der Waals surface area (Å²) in [6.45, 7) is 15.5. The number of hydrogen-bond donors (Lipinski definition) is 0. The van der Waals surface area contributed by atoms with Crippen molar-refractivity contribution < 1.29 is 18.7 Å². The number of rotatable bonds is 8. The highest BCUT2D eigenvalue weighted by atomic mass is 28.4. The van der Waals surface area contributed by atoms with Crippen LogP contribution in [0.4, 0.5) is 0 Å². The van der Waals surface area contributed by atoms with Gasteiger partial charge in [0.1, 0.15) is 18.4 Å². The molecule has 0 aliphatic carbocycles. The fourth-order valence-electron chi connectivity index (χ4n) is 5.34. The maximum Gasteiger partial charge on any atom is 0.302 e. The molecule has 0 spiro atoms. The number of carbonyl (C=O) groups is 1. The van der Waals surface area contributed by atoms with Crippen LogP contribution in [-0.2, 0) is 18.7 Å². The van der Waals surface area contributed by atoms with Crippen LogP contribution in [-0.4, -0.2) is 42.7 Å². The molecule has 1 saturated heterocycles. The Morgan fingerprint density at radius 3 is 2.47 bits per heavy atom. The maximum absolute atomic E-state index is 11.8. The number of carbonyl (C=O) groups excluding carboxylic acids is 1. The van der Waals surface area contributed by atoms with Crippen LogP contribution in [0.15, 0.2) is 30.7 Å². The average Bonchev–Trinajstić information content (AvgIpc) is 3.25. The molecule has 3 atom stereocenters. The van der Waals surface area contributed by atoms with Gasteiger partial charge in [-0.3, -0.25) is 9.78 Å². The fourth-order valence-corrected chi connectivity index (χ4v) is 10.8. The van der Waals surface area contributed by atoms with Gasteiger partial charge in [0.15, 0.2) is 8.32 Å². The minimum absolute atomic E-state index is 0.198. The van der Waals surface area contributed by atoms with E-state index in [1.807, 2.05) is 24.5 Å². The normalized spacial score (nSPS) is 22.5. The Labute approximate surface area is 181 Å². The number of hydrogen-bond acceptors (Lipinski definition) is 5. The molecule has 0 N–H and O–H groups in total. The van der Waals surface area contributed by atoms with Gasteiger partial charge in [0.05, 0.1) is 12.1 Å². The number of nitrogens with zero attached hydrogens (tertiary/aromatic N) is 2. The van der Waals surface area contributed by atoms with Gasteiger partial charge < -0.3 is 18.5 Å². The van der Waals surface area contributed by atoms with Crippen molar-refractivity contribution in [1.82, 2.24) is 9.55 Å². The van der Waals surface area contributed by atoms with Crippen LogP contribution in [0.1, 0.15) is 61.1 Å². The summed E-state index contributed by atoms with van der Waals surface area (Å²) in [6.07, 6.45) is 5.46. The second-order valence-corrected chi connectivity index (χ2v) is 14.8. The summed E-state index contributed by atoms with van der Waals surface area (Å²) in [4.78, 5) is 15.9. The molecule has 0 saturated carbocycles. The number of fused-ring (bicyclic) bond motifs is 1. The molecule has 0 bridgehead atoms. The zero-order valence-electron chi connectivity index (χ0n) is 19.3. The molecule has 1 aliphatic rings. The van der Waals surface area contributed by atoms with Crippen LogP contribution in [0.5, 0.6) is 0 Å². The summed E-state index contributed by atoms with van der Waals surface area (Å²) in [6, 6.07) is 4.02. The van der Waals surface area contributed by atoms with Crippen molar-refractivity contribution in [1.29, 1.82) is 0 Å². The van der Waals surface area contributed by atoms with E-state index in [9.17, 15) is 4.79 Å². The highest BCUT2D eigenvalue weighted by Crippen LogP contribution is 2.43. The van der Waals surface area contributed by atoms with Crippen LogP contribution >= 0.6 is 0 Å². The third kappa shape index (κ3) is 4.34. The predicted molar refractivity (Wildman–Crippen MR) is 121 cm³/mol. The lowest BCUT2D eigenvalue weighted by atomic mass is 10.2. The molecule has 1 fully saturated rings. The van der Waals surface area contributed by atoms with Gasteiger partial charge in [0.2, 0.25) is 0 Å². The summed E-state index contributed by atoms with van der Waals surface area (Å²) < 4.78 is 21.0. The van der Waals surface area contributed by atoms with Crippen LogP contribution in [0.25, 0.3) is 10.9 Å². The molecule has 0 aromatic carbocycles. The van der Waals surface area contributed by atoms with E-state index in [2.05, 4.69) is 51.1 Å². The lowest BCUT2D eigenvalue weighted by Crippen LogP contribution is -2.50. The van der Waals surface area contributed by atoms with Gasteiger partial charge in [0.25, 0.3) is 0 Å². The van der Waals surface area contributed by atoms with Crippen LogP contribution in [0, 0.1) is 0 Å². The van der Waals surface area contributed by atoms with Gasteiger partial charge in [-0.2, -0.15) is 0 Å². The number of pyridine rings is 1. The first-order valence-corrected chi connectivity index (χ1v) is 13.2. The number of esters is 1. The van der Waals surface area contributed by atoms with Gasteiger partial charge in [-0.15, -0.1) is 0 Å². The summed E-state index contributed by atoms with van der Waals surface area (Å²) in [7, 11) is -2.03. The molecule has 2 aromatic heterocycles. The third-order valence-corrected chi connectivity index (χ3v) is 12.6. The van der Waals surface area contributed by atoms with Crippen molar-refractivity contribution in [3.05, 3.63) is 30.7 Å². The topological polar surface area (TPSA) is 62.6 Å². The maximum atomic E-state index is 11.8. The Balaban J connectivity index is 1.82. The second kappa shape index (κ2) is 9.20. The lowest BCUT2D eigenvalue weighted by Gasteiger charge is -2.42. The summed E-state index contributed by atoms with van der Waals surface area (Å²) >= 11 is 0. The Hall–Kier alpha value is -1.70. The summed E-state index contributed by atoms with van der Waals surface area (Å²) in [5.41, 5.74) is 2.53. The molecule has 7 heteroatoms. The van der Waals surface area contributed by atoms with E-state index in [4.69, 9.17) is 13.9 Å². The van der Waals surface area contributed by atoms with Crippen molar-refractivity contribution in [3.63, 3.8) is 0 Å².